The van der Waals surface area contributed by atoms with Gasteiger partial charge in [0.05, 0.1) is 11.7 Å². The Morgan fingerprint density at radius 2 is 2.12 bits per heavy atom. The standard InChI is InChI=1S/C15H31NO/c1-5-12-16-13(6-2)8-7-9-14-10-11-15(3,4)17-14/h13-14,16H,5-12H2,1-4H3. The highest BCUT2D eigenvalue weighted by atomic mass is 16.5. The van der Waals surface area contributed by atoms with Crippen LogP contribution in [0.3, 0.4) is 0 Å². The van der Waals surface area contributed by atoms with E-state index < -0.39 is 0 Å². The molecule has 0 aromatic heterocycles. The Morgan fingerprint density at radius 3 is 2.65 bits per heavy atom. The summed E-state index contributed by atoms with van der Waals surface area (Å²) in [5.74, 6) is 0. The first kappa shape index (κ1) is 15.0. The minimum Gasteiger partial charge on any atom is -0.372 e. The minimum atomic E-state index is 0.134. The van der Waals surface area contributed by atoms with E-state index in [9.17, 15) is 0 Å². The smallest absolute Gasteiger partial charge is 0.0631 e. The third kappa shape index (κ3) is 5.87. The van der Waals surface area contributed by atoms with E-state index in [1.807, 2.05) is 0 Å². The Kier molecular flexibility index (Phi) is 6.50. The molecule has 2 heteroatoms. The summed E-state index contributed by atoms with van der Waals surface area (Å²) in [7, 11) is 0. The summed E-state index contributed by atoms with van der Waals surface area (Å²) in [6.45, 7) is 10.1. The van der Waals surface area contributed by atoms with Gasteiger partial charge in [-0.3, -0.25) is 0 Å². The maximum atomic E-state index is 6.02. The van der Waals surface area contributed by atoms with Crippen molar-refractivity contribution in [1.82, 2.24) is 5.32 Å². The lowest BCUT2D eigenvalue weighted by molar-refractivity contribution is -0.0192. The van der Waals surface area contributed by atoms with Crippen molar-refractivity contribution in [1.29, 1.82) is 0 Å². The molecule has 1 aliphatic heterocycles. The maximum absolute atomic E-state index is 6.02. The lowest BCUT2D eigenvalue weighted by atomic mass is 10.0. The van der Waals surface area contributed by atoms with Crippen LogP contribution in [0.1, 0.15) is 72.6 Å². The molecule has 1 aliphatic rings. The van der Waals surface area contributed by atoms with Gasteiger partial charge in [0, 0.05) is 6.04 Å². The summed E-state index contributed by atoms with van der Waals surface area (Å²) in [6, 6.07) is 0.712. The topological polar surface area (TPSA) is 21.3 Å². The van der Waals surface area contributed by atoms with Crippen LogP contribution >= 0.6 is 0 Å². The molecule has 17 heavy (non-hydrogen) atoms. The van der Waals surface area contributed by atoms with E-state index in [1.54, 1.807) is 0 Å². The third-order valence-electron chi connectivity index (χ3n) is 3.81. The molecular formula is C15H31NO. The van der Waals surface area contributed by atoms with Gasteiger partial charge in [-0.1, -0.05) is 13.8 Å². The summed E-state index contributed by atoms with van der Waals surface area (Å²) in [4.78, 5) is 0. The molecule has 0 aromatic carbocycles. The molecule has 0 amide bonds. The molecule has 2 atom stereocenters. The molecule has 0 aromatic rings. The number of rotatable bonds is 8. The maximum Gasteiger partial charge on any atom is 0.0631 e. The zero-order chi connectivity index (χ0) is 12.7. The highest BCUT2D eigenvalue weighted by Gasteiger charge is 2.31. The average molecular weight is 241 g/mol. The van der Waals surface area contributed by atoms with Crippen LogP contribution in [0.4, 0.5) is 0 Å². The van der Waals surface area contributed by atoms with Gasteiger partial charge in [0.2, 0.25) is 0 Å². The van der Waals surface area contributed by atoms with Gasteiger partial charge in [0.1, 0.15) is 0 Å². The average Bonchev–Trinajstić information content (AvgIpc) is 2.63. The van der Waals surface area contributed by atoms with E-state index in [-0.39, 0.29) is 5.60 Å². The van der Waals surface area contributed by atoms with Crippen molar-refractivity contribution >= 4 is 0 Å². The van der Waals surface area contributed by atoms with Crippen molar-refractivity contribution in [2.24, 2.45) is 0 Å². The molecule has 1 N–H and O–H groups in total. The van der Waals surface area contributed by atoms with Gasteiger partial charge in [-0.25, -0.2) is 0 Å². The van der Waals surface area contributed by atoms with Gasteiger partial charge < -0.3 is 10.1 Å². The first-order valence-electron chi connectivity index (χ1n) is 7.48. The molecule has 0 radical (unpaired) electrons. The van der Waals surface area contributed by atoms with Crippen LogP contribution in [0.15, 0.2) is 0 Å². The quantitative estimate of drug-likeness (QED) is 0.696. The molecule has 1 fully saturated rings. The summed E-state index contributed by atoms with van der Waals surface area (Å²) in [6.07, 6.45) is 9.33. The fraction of sp³-hybridized carbons (Fsp3) is 1.00. The number of hydrogen-bond acceptors (Lipinski definition) is 2. The van der Waals surface area contributed by atoms with Gasteiger partial charge in [-0.15, -0.1) is 0 Å². The lowest BCUT2D eigenvalue weighted by Gasteiger charge is -2.20. The fourth-order valence-corrected chi connectivity index (χ4v) is 2.67. The highest BCUT2D eigenvalue weighted by Crippen LogP contribution is 2.31. The Bertz CT molecular complexity index is 203. The predicted octanol–water partition coefficient (Wildman–Crippen LogP) is 3.89. The molecule has 0 spiro atoms. The second kappa shape index (κ2) is 7.38. The van der Waals surface area contributed by atoms with Gasteiger partial charge in [0.25, 0.3) is 0 Å². The van der Waals surface area contributed by atoms with Crippen molar-refractivity contribution in [2.75, 3.05) is 6.54 Å². The number of hydrogen-bond donors (Lipinski definition) is 1. The van der Waals surface area contributed by atoms with Crippen LogP contribution < -0.4 is 5.32 Å². The van der Waals surface area contributed by atoms with Crippen LogP contribution in [0.5, 0.6) is 0 Å². The molecular weight excluding hydrogens is 210 g/mol. The highest BCUT2D eigenvalue weighted by molar-refractivity contribution is 4.81. The van der Waals surface area contributed by atoms with Crippen molar-refractivity contribution in [3.8, 4) is 0 Å². The molecule has 102 valence electrons. The van der Waals surface area contributed by atoms with Gasteiger partial charge in [-0.05, 0) is 65.3 Å². The summed E-state index contributed by atoms with van der Waals surface area (Å²) in [5, 5.41) is 3.62. The molecule has 0 aliphatic carbocycles. The van der Waals surface area contributed by atoms with E-state index in [0.29, 0.717) is 12.1 Å². The third-order valence-corrected chi connectivity index (χ3v) is 3.81. The molecule has 1 rings (SSSR count). The molecule has 0 saturated carbocycles. The van der Waals surface area contributed by atoms with Crippen molar-refractivity contribution in [3.63, 3.8) is 0 Å². The Hall–Kier alpha value is -0.0800. The largest absolute Gasteiger partial charge is 0.372 e. The SMILES string of the molecule is CCCNC(CC)CCCC1CCC(C)(C)O1. The Morgan fingerprint density at radius 1 is 1.35 bits per heavy atom. The van der Waals surface area contributed by atoms with E-state index in [4.69, 9.17) is 4.74 Å². The second-order valence-corrected chi connectivity index (χ2v) is 6.03. The van der Waals surface area contributed by atoms with E-state index in [0.717, 1.165) is 6.54 Å². The predicted molar refractivity (Wildman–Crippen MR) is 74.4 cm³/mol. The fourth-order valence-electron chi connectivity index (χ4n) is 2.67. The second-order valence-electron chi connectivity index (χ2n) is 6.03. The van der Waals surface area contributed by atoms with Crippen LogP contribution in [0.25, 0.3) is 0 Å². The zero-order valence-corrected chi connectivity index (χ0v) is 12.2. The summed E-state index contributed by atoms with van der Waals surface area (Å²) >= 11 is 0. The molecule has 2 unspecified atom stereocenters. The van der Waals surface area contributed by atoms with Gasteiger partial charge in [0.15, 0.2) is 0 Å². The summed E-state index contributed by atoms with van der Waals surface area (Å²) < 4.78 is 6.02. The van der Waals surface area contributed by atoms with E-state index in [2.05, 4.69) is 33.0 Å². The Labute approximate surface area is 108 Å². The molecule has 1 heterocycles. The molecule has 2 nitrogen and oxygen atoms in total. The lowest BCUT2D eigenvalue weighted by Crippen LogP contribution is -2.29. The van der Waals surface area contributed by atoms with E-state index >= 15 is 0 Å². The first-order valence-corrected chi connectivity index (χ1v) is 7.48. The van der Waals surface area contributed by atoms with Crippen LogP contribution in [-0.4, -0.2) is 24.3 Å². The minimum absolute atomic E-state index is 0.134. The van der Waals surface area contributed by atoms with Crippen molar-refractivity contribution < 1.29 is 4.74 Å². The molecule has 0 bridgehead atoms. The van der Waals surface area contributed by atoms with Crippen LogP contribution in [-0.2, 0) is 4.74 Å². The van der Waals surface area contributed by atoms with Gasteiger partial charge >= 0.3 is 0 Å². The monoisotopic (exact) mass is 241 g/mol. The molecule has 1 saturated heterocycles. The number of ether oxygens (including phenoxy) is 1. The van der Waals surface area contributed by atoms with Crippen LogP contribution in [0, 0.1) is 0 Å². The van der Waals surface area contributed by atoms with Crippen molar-refractivity contribution in [2.45, 2.75) is 90.4 Å². The number of nitrogens with one attached hydrogen (secondary N) is 1. The summed E-state index contributed by atoms with van der Waals surface area (Å²) in [5.41, 5.74) is 0.134. The first-order chi connectivity index (χ1) is 8.07. The zero-order valence-electron chi connectivity index (χ0n) is 12.2. The van der Waals surface area contributed by atoms with Crippen molar-refractivity contribution in [3.05, 3.63) is 0 Å². The van der Waals surface area contributed by atoms with Gasteiger partial charge in [-0.2, -0.15) is 0 Å². The Balaban J connectivity index is 2.10. The van der Waals surface area contributed by atoms with Crippen LogP contribution in [0.2, 0.25) is 0 Å². The van der Waals surface area contributed by atoms with E-state index in [1.165, 1.54) is 44.9 Å². The normalized spacial score (nSPS) is 25.1.